The molecule has 0 fully saturated rings. The minimum absolute atomic E-state index is 0.447. The van der Waals surface area contributed by atoms with Gasteiger partial charge in [-0.1, -0.05) is 19.0 Å². The molecule has 0 aliphatic rings. The highest BCUT2D eigenvalue weighted by Gasteiger charge is 2.07. The van der Waals surface area contributed by atoms with E-state index in [1.165, 1.54) is 0 Å². The Kier molecular flexibility index (Phi) is 4.97. The van der Waals surface area contributed by atoms with Gasteiger partial charge in [0.05, 0.1) is 5.75 Å². The zero-order chi connectivity index (χ0) is 10.4. The molecule has 0 amide bonds. The molecule has 0 saturated heterocycles. The molecular formula is C9H17N3OS. The van der Waals surface area contributed by atoms with Crippen molar-refractivity contribution in [3.05, 3.63) is 11.7 Å². The van der Waals surface area contributed by atoms with Crippen LogP contribution in [-0.4, -0.2) is 21.9 Å². The standard InChI is InChI=1S/C9H17N3OS/c1-3-4-9-11-8(12-13-9)6-14-7(2)5-10/h7H,3-6,10H2,1-2H3. The van der Waals surface area contributed by atoms with E-state index in [0.717, 1.165) is 30.3 Å². The van der Waals surface area contributed by atoms with E-state index in [0.29, 0.717) is 11.8 Å². The van der Waals surface area contributed by atoms with E-state index < -0.39 is 0 Å². The molecule has 1 heterocycles. The number of aromatic nitrogens is 2. The molecule has 2 N–H and O–H groups in total. The van der Waals surface area contributed by atoms with Gasteiger partial charge in [0.25, 0.3) is 0 Å². The number of aryl methyl sites for hydroxylation is 1. The second-order valence-electron chi connectivity index (χ2n) is 3.21. The summed E-state index contributed by atoms with van der Waals surface area (Å²) in [5.41, 5.74) is 5.50. The summed E-state index contributed by atoms with van der Waals surface area (Å²) >= 11 is 1.75. The number of rotatable bonds is 6. The van der Waals surface area contributed by atoms with Crippen molar-refractivity contribution in [3.63, 3.8) is 0 Å². The predicted molar refractivity (Wildman–Crippen MR) is 58.1 cm³/mol. The number of hydrogen-bond donors (Lipinski definition) is 1. The highest BCUT2D eigenvalue weighted by molar-refractivity contribution is 7.99. The molecule has 0 aromatic carbocycles. The van der Waals surface area contributed by atoms with E-state index in [2.05, 4.69) is 24.0 Å². The summed E-state index contributed by atoms with van der Waals surface area (Å²) in [7, 11) is 0. The smallest absolute Gasteiger partial charge is 0.226 e. The van der Waals surface area contributed by atoms with Gasteiger partial charge in [-0.05, 0) is 6.42 Å². The molecule has 4 nitrogen and oxygen atoms in total. The molecule has 5 heteroatoms. The van der Waals surface area contributed by atoms with Gasteiger partial charge >= 0.3 is 0 Å². The van der Waals surface area contributed by atoms with Gasteiger partial charge in [-0.25, -0.2) is 0 Å². The second kappa shape index (κ2) is 6.03. The van der Waals surface area contributed by atoms with Crippen LogP contribution in [0, 0.1) is 0 Å². The first-order valence-electron chi connectivity index (χ1n) is 4.89. The lowest BCUT2D eigenvalue weighted by Gasteiger charge is -2.04. The Morgan fingerprint density at radius 2 is 2.36 bits per heavy atom. The van der Waals surface area contributed by atoms with E-state index in [1.54, 1.807) is 11.8 Å². The minimum Gasteiger partial charge on any atom is -0.339 e. The van der Waals surface area contributed by atoms with Crippen molar-refractivity contribution in [2.75, 3.05) is 6.54 Å². The number of nitrogens with two attached hydrogens (primary N) is 1. The van der Waals surface area contributed by atoms with Crippen molar-refractivity contribution < 1.29 is 4.52 Å². The molecule has 0 aliphatic heterocycles. The van der Waals surface area contributed by atoms with Crippen LogP contribution in [0.25, 0.3) is 0 Å². The number of hydrogen-bond acceptors (Lipinski definition) is 5. The Labute approximate surface area is 88.6 Å². The molecule has 14 heavy (non-hydrogen) atoms. The zero-order valence-corrected chi connectivity index (χ0v) is 9.51. The molecule has 1 rings (SSSR count). The minimum atomic E-state index is 0.447. The Bertz CT molecular complexity index is 264. The van der Waals surface area contributed by atoms with E-state index in [-0.39, 0.29) is 0 Å². The van der Waals surface area contributed by atoms with Crippen molar-refractivity contribution in [2.45, 2.75) is 37.7 Å². The summed E-state index contributed by atoms with van der Waals surface area (Å²) in [6.45, 7) is 4.87. The van der Waals surface area contributed by atoms with Gasteiger partial charge in [0.2, 0.25) is 5.89 Å². The Hall–Kier alpha value is -0.550. The van der Waals surface area contributed by atoms with E-state index >= 15 is 0 Å². The van der Waals surface area contributed by atoms with Crippen LogP contribution in [0.5, 0.6) is 0 Å². The molecule has 0 radical (unpaired) electrons. The summed E-state index contributed by atoms with van der Waals surface area (Å²) in [4.78, 5) is 4.27. The SMILES string of the molecule is CCCc1nc(CSC(C)CN)no1. The highest BCUT2D eigenvalue weighted by Crippen LogP contribution is 2.14. The molecule has 1 aromatic heterocycles. The predicted octanol–water partition coefficient (Wildman–Crippen LogP) is 1.60. The van der Waals surface area contributed by atoms with Gasteiger partial charge in [0, 0.05) is 18.2 Å². The van der Waals surface area contributed by atoms with Crippen LogP contribution in [0.4, 0.5) is 0 Å². The molecule has 1 unspecified atom stereocenters. The fourth-order valence-corrected chi connectivity index (χ4v) is 1.64. The van der Waals surface area contributed by atoms with Crippen LogP contribution in [0.3, 0.4) is 0 Å². The van der Waals surface area contributed by atoms with Crippen LogP contribution < -0.4 is 5.73 Å². The topological polar surface area (TPSA) is 64.9 Å². The van der Waals surface area contributed by atoms with Gasteiger partial charge in [-0.3, -0.25) is 0 Å². The van der Waals surface area contributed by atoms with Crippen molar-refractivity contribution in [3.8, 4) is 0 Å². The summed E-state index contributed by atoms with van der Waals surface area (Å²) in [6, 6.07) is 0. The third kappa shape index (κ3) is 3.67. The normalized spacial score (nSPS) is 13.1. The van der Waals surface area contributed by atoms with Crippen LogP contribution >= 0.6 is 11.8 Å². The Balaban J connectivity index is 2.35. The highest BCUT2D eigenvalue weighted by atomic mass is 32.2. The van der Waals surface area contributed by atoms with E-state index in [9.17, 15) is 0 Å². The lowest BCUT2D eigenvalue weighted by atomic mass is 10.3. The number of thioether (sulfide) groups is 1. The van der Waals surface area contributed by atoms with E-state index in [4.69, 9.17) is 10.3 Å². The fourth-order valence-electron chi connectivity index (χ4n) is 0.949. The average molecular weight is 215 g/mol. The second-order valence-corrected chi connectivity index (χ2v) is 4.64. The fraction of sp³-hybridized carbons (Fsp3) is 0.778. The van der Waals surface area contributed by atoms with Gasteiger partial charge in [-0.15, -0.1) is 11.8 Å². The lowest BCUT2D eigenvalue weighted by molar-refractivity contribution is 0.373. The molecule has 1 aromatic rings. The number of nitrogens with zero attached hydrogens (tertiary/aromatic N) is 2. The van der Waals surface area contributed by atoms with Crippen LogP contribution in [0.15, 0.2) is 4.52 Å². The first-order valence-corrected chi connectivity index (χ1v) is 5.94. The average Bonchev–Trinajstić information content (AvgIpc) is 2.63. The van der Waals surface area contributed by atoms with Gasteiger partial charge < -0.3 is 10.3 Å². The molecule has 0 aliphatic carbocycles. The van der Waals surface area contributed by atoms with Gasteiger partial charge in [0.1, 0.15) is 0 Å². The third-order valence-electron chi connectivity index (χ3n) is 1.80. The van der Waals surface area contributed by atoms with E-state index in [1.807, 2.05) is 0 Å². The summed E-state index contributed by atoms with van der Waals surface area (Å²) < 4.78 is 5.07. The van der Waals surface area contributed by atoms with Crippen molar-refractivity contribution in [1.29, 1.82) is 0 Å². The maximum absolute atomic E-state index is 5.50. The van der Waals surface area contributed by atoms with Gasteiger partial charge in [-0.2, -0.15) is 4.98 Å². The monoisotopic (exact) mass is 215 g/mol. The van der Waals surface area contributed by atoms with Crippen molar-refractivity contribution in [2.24, 2.45) is 5.73 Å². The molecular weight excluding hydrogens is 198 g/mol. The third-order valence-corrected chi connectivity index (χ3v) is 2.99. The molecule has 0 saturated carbocycles. The largest absolute Gasteiger partial charge is 0.339 e. The van der Waals surface area contributed by atoms with Crippen molar-refractivity contribution in [1.82, 2.24) is 10.1 Å². The zero-order valence-electron chi connectivity index (χ0n) is 8.69. The Morgan fingerprint density at radius 1 is 1.57 bits per heavy atom. The van der Waals surface area contributed by atoms with Crippen LogP contribution in [-0.2, 0) is 12.2 Å². The van der Waals surface area contributed by atoms with Crippen molar-refractivity contribution >= 4 is 11.8 Å². The maximum Gasteiger partial charge on any atom is 0.226 e. The molecule has 0 bridgehead atoms. The molecule has 1 atom stereocenters. The first-order chi connectivity index (χ1) is 6.76. The summed E-state index contributed by atoms with van der Waals surface area (Å²) in [6.07, 6.45) is 1.90. The first kappa shape index (κ1) is 11.5. The van der Waals surface area contributed by atoms with Crippen LogP contribution in [0.2, 0.25) is 0 Å². The quantitative estimate of drug-likeness (QED) is 0.781. The molecule has 0 spiro atoms. The van der Waals surface area contributed by atoms with Gasteiger partial charge in [0.15, 0.2) is 5.82 Å². The Morgan fingerprint density at radius 3 is 3.00 bits per heavy atom. The summed E-state index contributed by atoms with van der Waals surface area (Å²) in [5.74, 6) is 2.30. The summed E-state index contributed by atoms with van der Waals surface area (Å²) in [5, 5.41) is 4.34. The van der Waals surface area contributed by atoms with Crippen LogP contribution in [0.1, 0.15) is 32.0 Å². The molecule has 80 valence electrons. The lowest BCUT2D eigenvalue weighted by Crippen LogP contribution is -2.12. The maximum atomic E-state index is 5.50.